The number of aryl methyl sites for hydroxylation is 1. The van der Waals surface area contributed by atoms with E-state index in [0.29, 0.717) is 27.6 Å². The fourth-order valence-corrected chi connectivity index (χ4v) is 4.08. The molecule has 0 aliphatic heterocycles. The highest BCUT2D eigenvalue weighted by molar-refractivity contribution is 7.98. The molecular formula is C18H15N5O3S. The highest BCUT2D eigenvalue weighted by Gasteiger charge is 2.17. The molecule has 0 fully saturated rings. The van der Waals surface area contributed by atoms with Gasteiger partial charge >= 0.3 is 0 Å². The van der Waals surface area contributed by atoms with E-state index >= 15 is 0 Å². The van der Waals surface area contributed by atoms with Crippen molar-refractivity contribution in [2.24, 2.45) is 7.05 Å². The van der Waals surface area contributed by atoms with Crippen molar-refractivity contribution in [3.05, 3.63) is 74.1 Å². The van der Waals surface area contributed by atoms with Crippen LogP contribution in [0.2, 0.25) is 0 Å². The summed E-state index contributed by atoms with van der Waals surface area (Å²) in [6.07, 6.45) is 0. The van der Waals surface area contributed by atoms with E-state index in [1.807, 2.05) is 28.7 Å². The number of aromatic nitrogens is 4. The fourth-order valence-electron chi connectivity index (χ4n) is 3.07. The zero-order valence-corrected chi connectivity index (χ0v) is 15.4. The maximum absolute atomic E-state index is 12.5. The van der Waals surface area contributed by atoms with Crippen molar-refractivity contribution < 1.29 is 4.92 Å². The van der Waals surface area contributed by atoms with Crippen molar-refractivity contribution in [2.75, 3.05) is 0 Å². The van der Waals surface area contributed by atoms with E-state index in [0.717, 1.165) is 11.1 Å². The van der Waals surface area contributed by atoms with E-state index in [4.69, 9.17) is 0 Å². The van der Waals surface area contributed by atoms with Gasteiger partial charge in [0.2, 0.25) is 5.78 Å². The van der Waals surface area contributed by atoms with Crippen LogP contribution in [0.1, 0.15) is 11.1 Å². The smallest absolute Gasteiger partial charge is 0.272 e. The van der Waals surface area contributed by atoms with Gasteiger partial charge in [0.05, 0.1) is 15.8 Å². The topological polar surface area (TPSA) is 95.3 Å². The van der Waals surface area contributed by atoms with Crippen LogP contribution in [0.3, 0.4) is 0 Å². The molecule has 0 unspecified atom stereocenters. The van der Waals surface area contributed by atoms with E-state index < -0.39 is 0 Å². The molecule has 0 aliphatic rings. The lowest BCUT2D eigenvalue weighted by Crippen LogP contribution is -2.20. The number of benzene rings is 2. The normalized spacial score (nSPS) is 11.3. The Kier molecular flexibility index (Phi) is 4.15. The molecule has 0 spiro atoms. The minimum absolute atomic E-state index is 0.104. The summed E-state index contributed by atoms with van der Waals surface area (Å²) in [5.74, 6) is 0.961. The van der Waals surface area contributed by atoms with Crippen LogP contribution in [0.4, 0.5) is 5.69 Å². The molecule has 9 heteroatoms. The first-order valence-corrected chi connectivity index (χ1v) is 9.16. The maximum atomic E-state index is 12.5. The predicted molar refractivity (Wildman–Crippen MR) is 103 cm³/mol. The summed E-state index contributed by atoms with van der Waals surface area (Å²) in [6, 6.07) is 12.4. The van der Waals surface area contributed by atoms with Crippen LogP contribution in [0.5, 0.6) is 0 Å². The van der Waals surface area contributed by atoms with Gasteiger partial charge in [0.15, 0.2) is 5.16 Å². The number of para-hydroxylation sites is 1. The van der Waals surface area contributed by atoms with Crippen LogP contribution < -0.4 is 5.56 Å². The predicted octanol–water partition coefficient (Wildman–Crippen LogP) is 3.09. The summed E-state index contributed by atoms with van der Waals surface area (Å²) < 4.78 is 3.31. The van der Waals surface area contributed by atoms with Crippen molar-refractivity contribution in [1.29, 1.82) is 0 Å². The quantitative estimate of drug-likeness (QED) is 0.306. The first-order valence-electron chi connectivity index (χ1n) is 8.17. The average Bonchev–Trinajstić information content (AvgIpc) is 3.09. The standard InChI is InChI=1S/C18H15N5O3S/c1-11-12(6-5-9-14(11)23(25)26)10-27-18-20-19-17-21(2)16(24)13-7-3-4-8-15(13)22(17)18/h3-9H,10H2,1-2H3. The number of nitro groups is 1. The van der Waals surface area contributed by atoms with Crippen molar-refractivity contribution in [1.82, 2.24) is 19.2 Å². The summed E-state index contributed by atoms with van der Waals surface area (Å²) in [7, 11) is 1.66. The highest BCUT2D eigenvalue weighted by Crippen LogP contribution is 2.28. The Morgan fingerprint density at radius 3 is 2.70 bits per heavy atom. The third-order valence-corrected chi connectivity index (χ3v) is 5.54. The second-order valence-electron chi connectivity index (χ2n) is 6.11. The minimum atomic E-state index is -0.376. The number of nitro benzene ring substituents is 1. The summed E-state index contributed by atoms with van der Waals surface area (Å²) in [4.78, 5) is 23.2. The Labute approximate surface area is 157 Å². The molecule has 27 heavy (non-hydrogen) atoms. The fraction of sp³-hybridized carbons (Fsp3) is 0.167. The molecule has 0 saturated carbocycles. The molecule has 8 nitrogen and oxygen atoms in total. The van der Waals surface area contributed by atoms with Crippen LogP contribution in [-0.2, 0) is 12.8 Å². The monoisotopic (exact) mass is 381 g/mol. The first-order chi connectivity index (χ1) is 13.0. The Bertz CT molecular complexity index is 1260. The summed E-state index contributed by atoms with van der Waals surface area (Å²) in [5, 5.41) is 20.7. The number of fused-ring (bicyclic) bond motifs is 3. The highest BCUT2D eigenvalue weighted by atomic mass is 32.2. The van der Waals surface area contributed by atoms with Crippen LogP contribution in [0, 0.1) is 17.0 Å². The van der Waals surface area contributed by atoms with Gasteiger partial charge < -0.3 is 0 Å². The molecular weight excluding hydrogens is 366 g/mol. The molecule has 0 bridgehead atoms. The summed E-state index contributed by atoms with van der Waals surface area (Å²) in [6.45, 7) is 1.75. The number of rotatable bonds is 4. The van der Waals surface area contributed by atoms with E-state index in [2.05, 4.69) is 10.2 Å². The van der Waals surface area contributed by atoms with Gasteiger partial charge in [0, 0.05) is 24.4 Å². The third kappa shape index (κ3) is 2.76. The van der Waals surface area contributed by atoms with Gasteiger partial charge in [-0.1, -0.05) is 36.0 Å². The summed E-state index contributed by atoms with van der Waals surface area (Å²) in [5.41, 5.74) is 2.21. The number of hydrogen-bond donors (Lipinski definition) is 0. The van der Waals surface area contributed by atoms with Gasteiger partial charge in [0.1, 0.15) is 0 Å². The Morgan fingerprint density at radius 2 is 1.93 bits per heavy atom. The molecule has 0 radical (unpaired) electrons. The second kappa shape index (κ2) is 6.51. The van der Waals surface area contributed by atoms with Crippen LogP contribution in [0.25, 0.3) is 16.7 Å². The molecule has 2 aromatic carbocycles. The first kappa shape index (κ1) is 17.2. The van der Waals surface area contributed by atoms with Crippen molar-refractivity contribution in [2.45, 2.75) is 17.8 Å². The molecule has 0 amide bonds. The van der Waals surface area contributed by atoms with Gasteiger partial charge in [-0.15, -0.1) is 10.2 Å². The van der Waals surface area contributed by atoms with Crippen molar-refractivity contribution in [3.63, 3.8) is 0 Å². The molecule has 4 aromatic rings. The van der Waals surface area contributed by atoms with Gasteiger partial charge in [0.25, 0.3) is 11.2 Å². The lowest BCUT2D eigenvalue weighted by molar-refractivity contribution is -0.385. The molecule has 2 heterocycles. The Morgan fingerprint density at radius 1 is 1.15 bits per heavy atom. The number of hydrogen-bond acceptors (Lipinski definition) is 6. The molecule has 136 valence electrons. The van der Waals surface area contributed by atoms with Crippen LogP contribution >= 0.6 is 11.8 Å². The molecule has 0 N–H and O–H groups in total. The maximum Gasteiger partial charge on any atom is 0.272 e. The molecule has 2 aromatic heterocycles. The van der Waals surface area contributed by atoms with E-state index in [1.54, 1.807) is 26.1 Å². The lowest BCUT2D eigenvalue weighted by atomic mass is 10.1. The molecule has 0 saturated heterocycles. The zero-order valence-electron chi connectivity index (χ0n) is 14.6. The van der Waals surface area contributed by atoms with E-state index in [1.165, 1.54) is 22.4 Å². The second-order valence-corrected chi connectivity index (χ2v) is 7.05. The SMILES string of the molecule is Cc1c(CSc2nnc3n(C)c(=O)c4ccccc4n23)cccc1[N+](=O)[O-]. The van der Waals surface area contributed by atoms with Crippen LogP contribution in [-0.4, -0.2) is 24.1 Å². The van der Waals surface area contributed by atoms with Crippen molar-refractivity contribution >= 4 is 34.1 Å². The molecule has 0 aliphatic carbocycles. The molecule has 0 atom stereocenters. The van der Waals surface area contributed by atoms with Gasteiger partial charge in [-0.05, 0) is 24.6 Å². The lowest BCUT2D eigenvalue weighted by Gasteiger charge is -2.08. The Hall–Kier alpha value is -3.20. The summed E-state index contributed by atoms with van der Waals surface area (Å²) >= 11 is 1.43. The van der Waals surface area contributed by atoms with Gasteiger partial charge in [-0.25, -0.2) is 0 Å². The van der Waals surface area contributed by atoms with E-state index in [-0.39, 0.29) is 16.2 Å². The molecule has 4 rings (SSSR count). The van der Waals surface area contributed by atoms with Gasteiger partial charge in [-0.3, -0.25) is 23.9 Å². The van der Waals surface area contributed by atoms with Gasteiger partial charge in [-0.2, -0.15) is 0 Å². The zero-order chi connectivity index (χ0) is 19.1. The number of nitrogens with zero attached hydrogens (tertiary/aromatic N) is 5. The van der Waals surface area contributed by atoms with E-state index in [9.17, 15) is 14.9 Å². The third-order valence-electron chi connectivity index (χ3n) is 4.57. The van der Waals surface area contributed by atoms with Crippen LogP contribution in [0.15, 0.2) is 52.4 Å². The van der Waals surface area contributed by atoms with Crippen molar-refractivity contribution in [3.8, 4) is 0 Å². The average molecular weight is 381 g/mol. The number of thioether (sulfide) groups is 1. The Balaban J connectivity index is 1.80. The minimum Gasteiger partial charge on any atom is -0.279 e. The largest absolute Gasteiger partial charge is 0.279 e.